The Kier molecular flexibility index (Phi) is 3.97. The highest BCUT2D eigenvalue weighted by molar-refractivity contribution is 7.71. The van der Waals surface area contributed by atoms with Crippen LogP contribution in [0.2, 0.25) is 0 Å². The zero-order valence-electron chi connectivity index (χ0n) is 11.6. The highest BCUT2D eigenvalue weighted by atomic mass is 32.1. The van der Waals surface area contributed by atoms with Gasteiger partial charge in [-0.1, -0.05) is 33.0 Å². The first-order chi connectivity index (χ1) is 7.65. The average molecular weight is 254 g/mol. The summed E-state index contributed by atoms with van der Waals surface area (Å²) in [4.78, 5) is 15.7. The third kappa shape index (κ3) is 3.06. The van der Waals surface area contributed by atoms with Crippen molar-refractivity contribution in [2.75, 3.05) is 37.5 Å². The number of hydrogen-bond donors (Lipinski definition) is 0. The van der Waals surface area contributed by atoms with E-state index >= 15 is 0 Å². The van der Waals surface area contributed by atoms with Crippen LogP contribution in [0.15, 0.2) is 4.79 Å². The average Bonchev–Trinajstić information content (AvgIpc) is 2.19. The van der Waals surface area contributed by atoms with E-state index in [-0.39, 0.29) is 10.8 Å². The van der Waals surface area contributed by atoms with Crippen LogP contribution in [0.25, 0.3) is 0 Å². The molecule has 0 amide bonds. The Balaban J connectivity index is 2.84. The quantitative estimate of drug-likeness (QED) is 0.771. The topological polar surface area (TPSA) is 23.6 Å². The number of hydrogen-bond acceptors (Lipinski definition) is 4. The molecule has 0 aromatic heterocycles. The maximum Gasteiger partial charge on any atom is 0.224 e. The molecule has 0 heterocycles. The molecule has 96 valence electrons. The van der Waals surface area contributed by atoms with Crippen LogP contribution in [0.3, 0.4) is 0 Å². The van der Waals surface area contributed by atoms with E-state index in [4.69, 9.17) is 12.2 Å². The Morgan fingerprint density at radius 1 is 1.12 bits per heavy atom. The van der Waals surface area contributed by atoms with Gasteiger partial charge in [-0.15, -0.1) is 0 Å². The monoisotopic (exact) mass is 254 g/mol. The van der Waals surface area contributed by atoms with E-state index in [1.54, 1.807) is 0 Å². The molecule has 1 aromatic carbocycles. The first kappa shape index (κ1) is 14.2. The minimum absolute atomic E-state index is 0.0140. The van der Waals surface area contributed by atoms with Gasteiger partial charge in [0.25, 0.3) is 0 Å². The van der Waals surface area contributed by atoms with Crippen LogP contribution in [0.1, 0.15) is 27.2 Å². The molecular formula is C13H22N2OS. The van der Waals surface area contributed by atoms with E-state index in [0.717, 1.165) is 24.3 Å². The normalized spacial score (nSPS) is 11.9. The van der Waals surface area contributed by atoms with Gasteiger partial charge in [0.2, 0.25) is 5.43 Å². The summed E-state index contributed by atoms with van der Waals surface area (Å²) in [6.45, 7) is 7.49. The standard InChI is InChI=1S/C13H22N2OS/c1-13(2,3)7-8-15(6)9-10(14(4)5)12(17)11(9)16/h7-8H2,1-6H3. The van der Waals surface area contributed by atoms with Gasteiger partial charge in [0.1, 0.15) is 10.2 Å². The fourth-order valence-corrected chi connectivity index (χ4v) is 2.13. The molecule has 1 aromatic rings. The van der Waals surface area contributed by atoms with Crippen molar-refractivity contribution in [2.24, 2.45) is 5.41 Å². The van der Waals surface area contributed by atoms with Gasteiger partial charge >= 0.3 is 0 Å². The predicted octanol–water partition coefficient (Wildman–Crippen LogP) is 2.59. The van der Waals surface area contributed by atoms with Gasteiger partial charge in [-0.3, -0.25) is 4.79 Å². The lowest BCUT2D eigenvalue weighted by Crippen LogP contribution is -2.33. The van der Waals surface area contributed by atoms with Gasteiger partial charge in [-0.25, -0.2) is 0 Å². The summed E-state index contributed by atoms with van der Waals surface area (Å²) < 4.78 is 0.465. The fourth-order valence-electron chi connectivity index (χ4n) is 1.75. The maximum absolute atomic E-state index is 11.8. The molecule has 1 rings (SSSR count). The number of anilines is 2. The SMILES string of the molecule is CN(C)c1c(N(C)CCC(C)(C)C)c(=O)c1=S. The maximum atomic E-state index is 11.8. The van der Waals surface area contributed by atoms with Crippen molar-refractivity contribution in [2.45, 2.75) is 27.2 Å². The first-order valence-corrected chi connectivity index (χ1v) is 6.28. The van der Waals surface area contributed by atoms with Crippen LogP contribution < -0.4 is 15.2 Å². The molecule has 0 saturated heterocycles. The minimum Gasteiger partial charge on any atom is -0.375 e. The van der Waals surface area contributed by atoms with Crippen molar-refractivity contribution in [3.8, 4) is 0 Å². The third-order valence-electron chi connectivity index (χ3n) is 2.89. The van der Waals surface area contributed by atoms with E-state index in [1.165, 1.54) is 0 Å². The van der Waals surface area contributed by atoms with Gasteiger partial charge in [0, 0.05) is 27.7 Å². The second-order valence-corrected chi connectivity index (χ2v) is 6.39. The van der Waals surface area contributed by atoms with E-state index < -0.39 is 0 Å². The zero-order chi connectivity index (χ0) is 13.4. The lowest BCUT2D eigenvalue weighted by molar-refractivity contribution is 0.381. The molecule has 0 saturated carbocycles. The Labute approximate surface area is 109 Å². The smallest absolute Gasteiger partial charge is 0.224 e. The molecule has 0 N–H and O–H groups in total. The molecule has 0 aliphatic heterocycles. The third-order valence-corrected chi connectivity index (χ3v) is 3.27. The summed E-state index contributed by atoms with van der Waals surface area (Å²) in [6, 6.07) is 0. The fraction of sp³-hybridized carbons (Fsp3) is 0.692. The zero-order valence-corrected chi connectivity index (χ0v) is 12.4. The summed E-state index contributed by atoms with van der Waals surface area (Å²) in [7, 11) is 5.81. The Bertz CT molecular complexity index is 464. The molecule has 0 fully saturated rings. The van der Waals surface area contributed by atoms with Gasteiger partial charge < -0.3 is 9.80 Å². The molecule has 0 atom stereocenters. The lowest BCUT2D eigenvalue weighted by atomic mass is 9.92. The van der Waals surface area contributed by atoms with Crippen molar-refractivity contribution >= 4 is 23.6 Å². The summed E-state index contributed by atoms with van der Waals surface area (Å²) in [6.07, 6.45) is 1.05. The molecule has 3 nitrogen and oxygen atoms in total. The Morgan fingerprint density at radius 3 is 2.06 bits per heavy atom. The van der Waals surface area contributed by atoms with E-state index in [0.29, 0.717) is 4.51 Å². The number of nitrogens with zero attached hydrogens (tertiary/aromatic N) is 2. The van der Waals surface area contributed by atoms with Gasteiger partial charge in [-0.2, -0.15) is 0 Å². The summed E-state index contributed by atoms with van der Waals surface area (Å²) >= 11 is 5.08. The second kappa shape index (κ2) is 4.77. The second-order valence-electron chi connectivity index (χ2n) is 5.98. The van der Waals surface area contributed by atoms with Gasteiger partial charge in [0.15, 0.2) is 0 Å². The largest absolute Gasteiger partial charge is 0.375 e. The molecule has 0 bridgehead atoms. The van der Waals surface area contributed by atoms with Crippen LogP contribution in [-0.4, -0.2) is 27.7 Å². The predicted molar refractivity (Wildman–Crippen MR) is 77.6 cm³/mol. The van der Waals surface area contributed by atoms with E-state index in [1.807, 2.05) is 30.9 Å². The van der Waals surface area contributed by atoms with Crippen LogP contribution in [0.4, 0.5) is 11.4 Å². The van der Waals surface area contributed by atoms with E-state index in [2.05, 4.69) is 20.8 Å². The molecule has 0 unspecified atom stereocenters. The van der Waals surface area contributed by atoms with Crippen LogP contribution >= 0.6 is 12.2 Å². The number of rotatable bonds is 4. The highest BCUT2D eigenvalue weighted by Gasteiger charge is 2.23. The highest BCUT2D eigenvalue weighted by Crippen LogP contribution is 2.29. The molecule has 4 heteroatoms. The van der Waals surface area contributed by atoms with Crippen molar-refractivity contribution in [1.29, 1.82) is 0 Å². The van der Waals surface area contributed by atoms with Crippen molar-refractivity contribution in [3.63, 3.8) is 0 Å². The van der Waals surface area contributed by atoms with Crippen LogP contribution in [0.5, 0.6) is 0 Å². The van der Waals surface area contributed by atoms with Crippen molar-refractivity contribution < 1.29 is 0 Å². The van der Waals surface area contributed by atoms with Gasteiger partial charge in [0.05, 0.1) is 5.69 Å². The van der Waals surface area contributed by atoms with Crippen LogP contribution in [0, 0.1) is 9.93 Å². The Hall–Kier alpha value is -0.900. The van der Waals surface area contributed by atoms with Crippen molar-refractivity contribution in [1.82, 2.24) is 0 Å². The molecule has 0 aliphatic rings. The molecular weight excluding hydrogens is 232 g/mol. The summed E-state index contributed by atoms with van der Waals surface area (Å²) in [5.74, 6) is 0. The molecule has 17 heavy (non-hydrogen) atoms. The molecule has 0 aliphatic carbocycles. The van der Waals surface area contributed by atoms with E-state index in [9.17, 15) is 4.79 Å². The van der Waals surface area contributed by atoms with Crippen LogP contribution in [-0.2, 0) is 0 Å². The van der Waals surface area contributed by atoms with Gasteiger partial charge in [-0.05, 0) is 11.8 Å². The minimum atomic E-state index is 0.0140. The summed E-state index contributed by atoms with van der Waals surface area (Å²) in [5, 5.41) is 0. The molecule has 0 spiro atoms. The summed E-state index contributed by atoms with van der Waals surface area (Å²) in [5.41, 5.74) is 1.96. The lowest BCUT2D eigenvalue weighted by Gasteiger charge is -2.29. The Morgan fingerprint density at radius 2 is 1.65 bits per heavy atom. The van der Waals surface area contributed by atoms with Crippen molar-refractivity contribution in [3.05, 3.63) is 14.7 Å². The molecule has 0 radical (unpaired) electrons. The first-order valence-electron chi connectivity index (χ1n) is 5.87.